The minimum Gasteiger partial charge on any atom is -0.303 e. The van der Waals surface area contributed by atoms with Gasteiger partial charge in [0.1, 0.15) is 4.32 Å². The summed E-state index contributed by atoms with van der Waals surface area (Å²) in [6, 6.07) is 15.3. The van der Waals surface area contributed by atoms with Crippen LogP contribution in [0.15, 0.2) is 53.4 Å². The van der Waals surface area contributed by atoms with Crippen LogP contribution in [0.4, 0.5) is 5.69 Å². The van der Waals surface area contributed by atoms with Gasteiger partial charge in [-0.15, -0.1) is 0 Å². The molecule has 1 saturated heterocycles. The second-order valence-electron chi connectivity index (χ2n) is 7.59. The summed E-state index contributed by atoms with van der Waals surface area (Å²) >= 11 is 6.38. The van der Waals surface area contributed by atoms with Crippen LogP contribution in [-0.2, 0) is 30.4 Å². The van der Waals surface area contributed by atoms with E-state index in [-0.39, 0.29) is 34.0 Å². The third kappa shape index (κ3) is 4.74. The number of fused-ring (bicyclic) bond motifs is 1. The number of thioether (sulfide) groups is 1. The molecular formula is C23H22N2O5S3. The molecule has 0 N–H and O–H groups in total. The Balaban J connectivity index is 1.69. The number of thiocarbonyl (C=S) groups is 1. The number of rotatable bonds is 7. The first-order chi connectivity index (χ1) is 15.7. The van der Waals surface area contributed by atoms with Gasteiger partial charge in [-0.05, 0) is 31.5 Å². The topological polar surface area (TPSA) is 84.0 Å². The maximum absolute atomic E-state index is 13.6. The van der Waals surface area contributed by atoms with E-state index in [0.717, 1.165) is 28.6 Å². The number of amides is 2. The van der Waals surface area contributed by atoms with Crippen LogP contribution < -0.4 is 4.90 Å². The zero-order chi connectivity index (χ0) is 23.8. The van der Waals surface area contributed by atoms with Crippen LogP contribution in [0.2, 0.25) is 0 Å². The molecule has 7 nitrogen and oxygen atoms in total. The number of hydrogen-bond donors (Lipinski definition) is 0. The van der Waals surface area contributed by atoms with Crippen LogP contribution in [0.5, 0.6) is 0 Å². The molecule has 0 aliphatic carbocycles. The second kappa shape index (κ2) is 9.38. The zero-order valence-corrected chi connectivity index (χ0v) is 20.6. The fraction of sp³-hybridized carbons (Fsp3) is 0.261. The van der Waals surface area contributed by atoms with Crippen LogP contribution in [0.25, 0.3) is 5.57 Å². The number of anilines is 1. The molecule has 2 amide bonds. The lowest BCUT2D eigenvalue weighted by Crippen LogP contribution is -2.33. The lowest BCUT2D eigenvalue weighted by atomic mass is 10.0. The minimum absolute atomic E-state index is 0.0205. The smallest absolute Gasteiger partial charge is 0.269 e. The third-order valence-electron chi connectivity index (χ3n) is 5.29. The van der Waals surface area contributed by atoms with Gasteiger partial charge in [-0.3, -0.25) is 18.7 Å². The molecule has 2 aromatic carbocycles. The van der Waals surface area contributed by atoms with E-state index in [1.54, 1.807) is 11.8 Å². The Kier molecular flexibility index (Phi) is 6.71. The Bertz CT molecular complexity index is 1270. The van der Waals surface area contributed by atoms with Crippen molar-refractivity contribution in [3.63, 3.8) is 0 Å². The molecule has 0 atom stereocenters. The van der Waals surface area contributed by atoms with Gasteiger partial charge in [-0.25, -0.2) is 0 Å². The Morgan fingerprint density at radius 3 is 2.45 bits per heavy atom. The van der Waals surface area contributed by atoms with Gasteiger partial charge in [-0.1, -0.05) is 65.9 Å². The number of carbonyl (C=O) groups excluding carboxylic acids is 2. The summed E-state index contributed by atoms with van der Waals surface area (Å²) in [5.41, 5.74) is 3.63. The van der Waals surface area contributed by atoms with Gasteiger partial charge in [0.2, 0.25) is 0 Å². The summed E-state index contributed by atoms with van der Waals surface area (Å²) in [6.45, 7) is 3.76. The normalized spacial score (nSPS) is 18.4. The molecule has 1 fully saturated rings. The highest BCUT2D eigenvalue weighted by molar-refractivity contribution is 8.26. The van der Waals surface area contributed by atoms with Gasteiger partial charge in [-0.2, -0.15) is 8.42 Å². The van der Waals surface area contributed by atoms with E-state index < -0.39 is 16.0 Å². The molecule has 0 aromatic heterocycles. The molecule has 0 bridgehead atoms. The Morgan fingerprint density at radius 2 is 1.76 bits per heavy atom. The number of benzene rings is 2. The first kappa shape index (κ1) is 23.6. The first-order valence-electron chi connectivity index (χ1n) is 10.3. The molecule has 2 aliphatic rings. The van der Waals surface area contributed by atoms with E-state index in [2.05, 4.69) is 0 Å². The number of nitrogens with zero attached hydrogens (tertiary/aromatic N) is 2. The molecule has 0 spiro atoms. The van der Waals surface area contributed by atoms with Crippen molar-refractivity contribution in [2.75, 3.05) is 23.8 Å². The molecule has 10 heteroatoms. The van der Waals surface area contributed by atoms with Gasteiger partial charge < -0.3 is 4.90 Å². The van der Waals surface area contributed by atoms with Crippen molar-refractivity contribution in [1.29, 1.82) is 0 Å². The lowest BCUT2D eigenvalue weighted by Gasteiger charge is -2.17. The van der Waals surface area contributed by atoms with Crippen LogP contribution in [0.1, 0.15) is 23.6 Å². The molecule has 33 heavy (non-hydrogen) atoms. The fourth-order valence-electron chi connectivity index (χ4n) is 3.77. The molecule has 2 aliphatic heterocycles. The van der Waals surface area contributed by atoms with Gasteiger partial charge in [0, 0.05) is 12.1 Å². The summed E-state index contributed by atoms with van der Waals surface area (Å²) in [4.78, 5) is 29.9. The van der Waals surface area contributed by atoms with Crippen LogP contribution >= 0.6 is 24.0 Å². The van der Waals surface area contributed by atoms with E-state index in [0.29, 0.717) is 17.7 Å². The second-order valence-corrected chi connectivity index (χ2v) is 11.0. The van der Waals surface area contributed by atoms with Crippen molar-refractivity contribution < 1.29 is 22.2 Å². The van der Waals surface area contributed by atoms with Gasteiger partial charge in [0.25, 0.3) is 21.9 Å². The molecule has 0 saturated carbocycles. The molecule has 2 heterocycles. The molecule has 0 unspecified atom stereocenters. The van der Waals surface area contributed by atoms with E-state index >= 15 is 0 Å². The SMILES string of the molecule is CCOS(=O)(=O)CCN1C(=O)/C(=C2/C(=O)N(Cc3ccccc3)c3ccc(C)cc32)SC1=S. The quantitative estimate of drug-likeness (QED) is 0.326. The Hall–Kier alpha value is -2.53. The molecule has 2 aromatic rings. The third-order valence-corrected chi connectivity index (χ3v) is 8.02. The standard InChI is InChI=1S/C23H22N2O5S3/c1-3-30-33(28,29)12-11-24-22(27)20(32-23(24)31)19-17-13-15(2)9-10-18(17)25(21(19)26)14-16-7-5-4-6-8-16/h4-10,13H,3,11-12,14H2,1-2H3/b20-19-. The van der Waals surface area contributed by atoms with E-state index in [4.69, 9.17) is 16.4 Å². The minimum atomic E-state index is -3.76. The Morgan fingerprint density at radius 1 is 1.03 bits per heavy atom. The van der Waals surface area contributed by atoms with Crippen molar-refractivity contribution >= 4 is 61.5 Å². The maximum Gasteiger partial charge on any atom is 0.269 e. The van der Waals surface area contributed by atoms with Crippen molar-refractivity contribution in [3.8, 4) is 0 Å². The van der Waals surface area contributed by atoms with Crippen molar-refractivity contribution in [2.45, 2.75) is 20.4 Å². The van der Waals surface area contributed by atoms with Crippen LogP contribution in [-0.4, -0.2) is 48.4 Å². The lowest BCUT2D eigenvalue weighted by molar-refractivity contribution is -0.122. The highest BCUT2D eigenvalue weighted by atomic mass is 32.2. The maximum atomic E-state index is 13.6. The molecule has 172 valence electrons. The first-order valence-corrected chi connectivity index (χ1v) is 13.1. The highest BCUT2D eigenvalue weighted by Crippen LogP contribution is 2.45. The summed E-state index contributed by atoms with van der Waals surface area (Å²) in [7, 11) is -3.76. The van der Waals surface area contributed by atoms with Crippen LogP contribution in [0.3, 0.4) is 0 Å². The van der Waals surface area contributed by atoms with Gasteiger partial charge in [0.15, 0.2) is 0 Å². The zero-order valence-electron chi connectivity index (χ0n) is 18.1. The largest absolute Gasteiger partial charge is 0.303 e. The molecule has 4 rings (SSSR count). The average Bonchev–Trinajstić information content (AvgIpc) is 3.19. The monoisotopic (exact) mass is 502 g/mol. The van der Waals surface area contributed by atoms with E-state index in [1.807, 2.05) is 55.5 Å². The van der Waals surface area contributed by atoms with Crippen molar-refractivity contribution in [2.24, 2.45) is 0 Å². The van der Waals surface area contributed by atoms with Crippen LogP contribution in [0, 0.1) is 6.92 Å². The van der Waals surface area contributed by atoms with Crippen molar-refractivity contribution in [3.05, 3.63) is 70.1 Å². The van der Waals surface area contributed by atoms with E-state index in [1.165, 1.54) is 4.90 Å². The summed E-state index contributed by atoms with van der Waals surface area (Å²) < 4.78 is 28.8. The van der Waals surface area contributed by atoms with Crippen molar-refractivity contribution in [1.82, 2.24) is 4.90 Å². The predicted octanol–water partition coefficient (Wildman–Crippen LogP) is 3.48. The van der Waals surface area contributed by atoms with Gasteiger partial charge in [0.05, 0.1) is 35.1 Å². The number of carbonyl (C=O) groups is 2. The molecule has 0 radical (unpaired) electrons. The Labute approximate surface area is 202 Å². The summed E-state index contributed by atoms with van der Waals surface area (Å²) in [6.07, 6.45) is 0. The summed E-state index contributed by atoms with van der Waals surface area (Å²) in [5.74, 6) is -1.12. The highest BCUT2D eigenvalue weighted by Gasteiger charge is 2.42. The number of aryl methyl sites for hydroxylation is 1. The molecular weight excluding hydrogens is 480 g/mol. The predicted molar refractivity (Wildman–Crippen MR) is 133 cm³/mol. The average molecular weight is 503 g/mol. The van der Waals surface area contributed by atoms with Gasteiger partial charge >= 0.3 is 0 Å². The number of hydrogen-bond acceptors (Lipinski definition) is 7. The fourth-order valence-corrected chi connectivity index (χ4v) is 6.03. The summed E-state index contributed by atoms with van der Waals surface area (Å²) in [5, 5.41) is 0. The van der Waals surface area contributed by atoms with E-state index in [9.17, 15) is 18.0 Å².